The fourth-order valence-corrected chi connectivity index (χ4v) is 4.46. The molecule has 3 rings (SSSR count). The van der Waals surface area contributed by atoms with Gasteiger partial charge in [-0.3, -0.25) is 24.4 Å². The lowest BCUT2D eigenvalue weighted by Crippen LogP contribution is -2.55. The molecule has 0 saturated carbocycles. The third kappa shape index (κ3) is 8.68. The topological polar surface area (TPSA) is 173 Å². The first-order valence-electron chi connectivity index (χ1n) is 12.7. The molecule has 38 heavy (non-hydrogen) atoms. The number of aldehydes is 1. The number of nitrogens with one attached hydrogen (secondary N) is 2. The van der Waals surface area contributed by atoms with Gasteiger partial charge in [-0.2, -0.15) is 0 Å². The van der Waals surface area contributed by atoms with Crippen LogP contribution in [0.3, 0.4) is 0 Å². The minimum Gasteiger partial charge on any atom is -0.370 e. The number of hydrogen-bond acceptors (Lipinski definition) is 6. The van der Waals surface area contributed by atoms with Crippen molar-refractivity contribution < 1.29 is 19.2 Å². The number of likely N-dealkylation sites (tertiary alicyclic amines) is 1. The van der Waals surface area contributed by atoms with Gasteiger partial charge in [-0.1, -0.05) is 36.4 Å². The van der Waals surface area contributed by atoms with Gasteiger partial charge in [0.25, 0.3) is 0 Å². The van der Waals surface area contributed by atoms with E-state index in [0.29, 0.717) is 45.1 Å². The molecule has 11 nitrogen and oxygen atoms in total. The van der Waals surface area contributed by atoms with Gasteiger partial charge in [-0.25, -0.2) is 0 Å². The summed E-state index contributed by atoms with van der Waals surface area (Å²) in [5.41, 5.74) is 12.2. The lowest BCUT2D eigenvalue weighted by atomic mass is 10.0. The zero-order chi connectivity index (χ0) is 27.3. The van der Waals surface area contributed by atoms with Crippen LogP contribution in [0, 0.1) is 0 Å². The van der Waals surface area contributed by atoms with E-state index < -0.39 is 24.0 Å². The maximum atomic E-state index is 13.7. The average molecular weight is 522 g/mol. The van der Waals surface area contributed by atoms with Crippen LogP contribution in [0.25, 0.3) is 0 Å². The number of pyridine rings is 1. The molecule has 6 N–H and O–H groups in total. The molecule has 1 aromatic heterocycles. The molecule has 1 fully saturated rings. The number of nitrogens with zero attached hydrogens (tertiary/aromatic N) is 3. The lowest BCUT2D eigenvalue weighted by Gasteiger charge is -2.29. The Morgan fingerprint density at radius 3 is 2.55 bits per heavy atom. The van der Waals surface area contributed by atoms with E-state index in [9.17, 15) is 19.2 Å². The van der Waals surface area contributed by atoms with Crippen molar-refractivity contribution in [2.24, 2.45) is 16.5 Å². The Balaban J connectivity index is 1.68. The number of aromatic nitrogens is 1. The summed E-state index contributed by atoms with van der Waals surface area (Å²) in [5, 5.41) is 5.60. The Morgan fingerprint density at radius 2 is 1.87 bits per heavy atom. The van der Waals surface area contributed by atoms with Crippen molar-refractivity contribution in [1.29, 1.82) is 0 Å². The number of benzene rings is 1. The maximum Gasteiger partial charge on any atom is 0.246 e. The van der Waals surface area contributed by atoms with Gasteiger partial charge in [-0.05, 0) is 42.9 Å². The zero-order valence-corrected chi connectivity index (χ0v) is 21.3. The molecule has 1 saturated heterocycles. The first-order valence-corrected chi connectivity index (χ1v) is 12.7. The predicted octanol–water partition coefficient (Wildman–Crippen LogP) is 0.0799. The predicted molar refractivity (Wildman–Crippen MR) is 143 cm³/mol. The highest BCUT2D eigenvalue weighted by Gasteiger charge is 2.38. The van der Waals surface area contributed by atoms with Crippen LogP contribution >= 0.6 is 0 Å². The number of nitrogens with two attached hydrogens (primary N) is 2. The molecule has 0 spiro atoms. The molecule has 1 aliphatic heterocycles. The largest absolute Gasteiger partial charge is 0.370 e. The highest BCUT2D eigenvalue weighted by Crippen LogP contribution is 2.20. The molecule has 3 amide bonds. The van der Waals surface area contributed by atoms with Crippen molar-refractivity contribution in [3.8, 4) is 0 Å². The summed E-state index contributed by atoms with van der Waals surface area (Å²) < 4.78 is 0. The van der Waals surface area contributed by atoms with Gasteiger partial charge in [-0.15, -0.1) is 0 Å². The van der Waals surface area contributed by atoms with Crippen molar-refractivity contribution in [2.45, 2.75) is 56.7 Å². The van der Waals surface area contributed by atoms with Crippen LogP contribution in [0.4, 0.5) is 0 Å². The summed E-state index contributed by atoms with van der Waals surface area (Å²) in [6.45, 7) is 0.730. The number of hydrogen-bond donors (Lipinski definition) is 4. The van der Waals surface area contributed by atoms with Gasteiger partial charge in [0, 0.05) is 31.9 Å². The Morgan fingerprint density at radius 1 is 1.11 bits per heavy atom. The van der Waals surface area contributed by atoms with E-state index in [2.05, 4.69) is 20.6 Å². The molecule has 1 aromatic carbocycles. The van der Waals surface area contributed by atoms with E-state index in [1.165, 1.54) is 4.90 Å². The highest BCUT2D eigenvalue weighted by atomic mass is 16.2. The molecule has 11 heteroatoms. The van der Waals surface area contributed by atoms with E-state index >= 15 is 0 Å². The fourth-order valence-electron chi connectivity index (χ4n) is 4.46. The first kappa shape index (κ1) is 28.3. The number of carbonyl (C=O) groups excluding carboxylic acids is 4. The standard InChI is InChI=1S/C27H35N7O4/c28-27(29)31-13-5-10-21(18-35)32-25(37)23-11-6-14-34(23)26(38)22(15-19-7-2-1-3-8-19)33-24(36)16-20-9-4-12-30-17-20/h1-4,7-9,12,17-18,21-23H,5-6,10-11,13-16H2,(H,32,37)(H,33,36)(H4,28,29,31)/t21-,22+,23-/m0/s1. The summed E-state index contributed by atoms with van der Waals surface area (Å²) in [6.07, 6.45) is 6.26. The molecule has 2 aromatic rings. The number of aliphatic imine (C=N–C) groups is 1. The molecule has 3 atom stereocenters. The number of amides is 3. The van der Waals surface area contributed by atoms with E-state index in [1.807, 2.05) is 30.3 Å². The van der Waals surface area contributed by atoms with Gasteiger partial charge < -0.3 is 31.8 Å². The normalized spacial score (nSPS) is 16.2. The average Bonchev–Trinajstić information content (AvgIpc) is 3.41. The van der Waals surface area contributed by atoms with Crippen LogP contribution < -0.4 is 22.1 Å². The second-order valence-electron chi connectivity index (χ2n) is 9.24. The molecule has 0 bridgehead atoms. The Labute approximate surface area is 222 Å². The summed E-state index contributed by atoms with van der Waals surface area (Å²) in [6, 6.07) is 10.6. The van der Waals surface area contributed by atoms with Crippen LogP contribution in [0.5, 0.6) is 0 Å². The van der Waals surface area contributed by atoms with Gasteiger partial charge in [0.15, 0.2) is 5.96 Å². The van der Waals surface area contributed by atoms with E-state index in [0.717, 1.165) is 11.1 Å². The van der Waals surface area contributed by atoms with Crippen LogP contribution in [-0.2, 0) is 32.0 Å². The first-order chi connectivity index (χ1) is 18.4. The maximum absolute atomic E-state index is 13.7. The molecule has 0 aliphatic carbocycles. The summed E-state index contributed by atoms with van der Waals surface area (Å²) in [4.78, 5) is 60.6. The van der Waals surface area contributed by atoms with Crippen LogP contribution in [0.15, 0.2) is 59.9 Å². The molecular formula is C27H35N7O4. The minimum atomic E-state index is -0.851. The lowest BCUT2D eigenvalue weighted by molar-refractivity contribution is -0.141. The third-order valence-corrected chi connectivity index (χ3v) is 6.30. The smallest absolute Gasteiger partial charge is 0.246 e. The molecule has 202 valence electrons. The minimum absolute atomic E-state index is 0.0330. The van der Waals surface area contributed by atoms with Crippen LogP contribution in [0.2, 0.25) is 0 Å². The Kier molecular flexibility index (Phi) is 10.8. The van der Waals surface area contributed by atoms with Crippen molar-refractivity contribution in [3.05, 3.63) is 66.0 Å². The quantitative estimate of drug-likeness (QED) is 0.125. The number of guanidine groups is 1. The second kappa shape index (κ2) is 14.5. The van der Waals surface area contributed by atoms with E-state index in [4.69, 9.17) is 11.5 Å². The monoisotopic (exact) mass is 521 g/mol. The van der Waals surface area contributed by atoms with E-state index in [1.54, 1.807) is 24.5 Å². The number of carbonyl (C=O) groups is 4. The summed E-state index contributed by atoms with van der Waals surface area (Å²) in [5.74, 6) is -1.07. The SMILES string of the molecule is NC(N)=NCCC[C@@H](C=O)NC(=O)[C@@H]1CCCN1C(=O)[C@@H](Cc1ccccc1)NC(=O)Cc1cccnc1. The Hall–Kier alpha value is -4.28. The molecule has 0 unspecified atom stereocenters. The van der Waals surface area contributed by atoms with Gasteiger partial charge >= 0.3 is 0 Å². The second-order valence-corrected chi connectivity index (χ2v) is 9.24. The van der Waals surface area contributed by atoms with Crippen molar-refractivity contribution in [1.82, 2.24) is 20.5 Å². The van der Waals surface area contributed by atoms with Crippen molar-refractivity contribution in [3.63, 3.8) is 0 Å². The highest BCUT2D eigenvalue weighted by molar-refractivity contribution is 5.93. The fraction of sp³-hybridized carbons (Fsp3) is 0.407. The molecular weight excluding hydrogens is 486 g/mol. The van der Waals surface area contributed by atoms with Gasteiger partial charge in [0.2, 0.25) is 17.7 Å². The van der Waals surface area contributed by atoms with Crippen LogP contribution in [-0.4, -0.2) is 71.1 Å². The Bertz CT molecular complexity index is 1110. The van der Waals surface area contributed by atoms with Crippen LogP contribution in [0.1, 0.15) is 36.8 Å². The van der Waals surface area contributed by atoms with Gasteiger partial charge in [0.05, 0.1) is 12.5 Å². The third-order valence-electron chi connectivity index (χ3n) is 6.30. The van der Waals surface area contributed by atoms with E-state index in [-0.39, 0.29) is 30.6 Å². The summed E-state index contributed by atoms with van der Waals surface area (Å²) >= 11 is 0. The summed E-state index contributed by atoms with van der Waals surface area (Å²) in [7, 11) is 0. The van der Waals surface area contributed by atoms with Crippen molar-refractivity contribution >= 4 is 30.0 Å². The van der Waals surface area contributed by atoms with Gasteiger partial charge in [0.1, 0.15) is 18.4 Å². The zero-order valence-electron chi connectivity index (χ0n) is 21.3. The molecule has 2 heterocycles. The van der Waals surface area contributed by atoms with Crippen molar-refractivity contribution in [2.75, 3.05) is 13.1 Å². The molecule has 0 radical (unpaired) electrons. The number of rotatable bonds is 13. The molecule has 1 aliphatic rings.